The lowest BCUT2D eigenvalue weighted by Crippen LogP contribution is -2.10. The number of nitrogens with zero attached hydrogens (tertiary/aromatic N) is 1. The zero-order valence-electron chi connectivity index (χ0n) is 13.5. The normalized spacial score (nSPS) is 13.3. The van der Waals surface area contributed by atoms with Crippen LogP contribution >= 0.6 is 27.3 Å². The van der Waals surface area contributed by atoms with Gasteiger partial charge in [0.15, 0.2) is 0 Å². The van der Waals surface area contributed by atoms with Gasteiger partial charge in [-0.25, -0.2) is 4.98 Å². The molecule has 0 saturated heterocycles. The first-order chi connectivity index (χ1) is 9.68. The van der Waals surface area contributed by atoms with Crippen LogP contribution in [0.4, 0.5) is 5.69 Å². The van der Waals surface area contributed by atoms with Crippen LogP contribution in [0.2, 0.25) is 0 Å². The molecule has 4 heteroatoms. The van der Waals surface area contributed by atoms with Crippen LogP contribution in [0, 0.1) is 13.8 Å². The lowest BCUT2D eigenvalue weighted by Gasteiger charge is -2.16. The first kappa shape index (κ1) is 16.5. The molecule has 1 heterocycles. The highest BCUT2D eigenvalue weighted by molar-refractivity contribution is 9.10. The second kappa shape index (κ2) is 6.09. The van der Waals surface area contributed by atoms with Gasteiger partial charge >= 0.3 is 0 Å². The van der Waals surface area contributed by atoms with Gasteiger partial charge in [-0.05, 0) is 54.4 Å². The predicted octanol–water partition coefficient (Wildman–Crippen LogP) is 5.99. The molecule has 1 N–H and O–H groups in total. The van der Waals surface area contributed by atoms with E-state index in [9.17, 15) is 0 Å². The van der Waals surface area contributed by atoms with Gasteiger partial charge in [0.05, 0.1) is 16.7 Å². The molecule has 1 aromatic carbocycles. The number of nitrogens with one attached hydrogen (secondary N) is 1. The molecule has 21 heavy (non-hydrogen) atoms. The van der Waals surface area contributed by atoms with Gasteiger partial charge in [0.25, 0.3) is 0 Å². The summed E-state index contributed by atoms with van der Waals surface area (Å²) in [6, 6.07) is 6.63. The molecule has 0 spiro atoms. The number of rotatable bonds is 3. The molecule has 0 amide bonds. The van der Waals surface area contributed by atoms with Crippen molar-refractivity contribution in [2.24, 2.45) is 0 Å². The molecule has 0 radical (unpaired) electrons. The molecule has 114 valence electrons. The monoisotopic (exact) mass is 366 g/mol. The van der Waals surface area contributed by atoms with Crippen LogP contribution in [-0.4, -0.2) is 4.98 Å². The third kappa shape index (κ3) is 3.86. The number of aromatic nitrogens is 1. The average molecular weight is 367 g/mol. The summed E-state index contributed by atoms with van der Waals surface area (Å²) in [5.74, 6) is 0. The molecule has 2 rings (SSSR count). The van der Waals surface area contributed by atoms with E-state index < -0.39 is 0 Å². The average Bonchev–Trinajstić information content (AvgIpc) is 2.75. The van der Waals surface area contributed by atoms with Crippen molar-refractivity contribution < 1.29 is 0 Å². The van der Waals surface area contributed by atoms with Crippen molar-refractivity contribution in [1.82, 2.24) is 4.98 Å². The molecular weight excluding hydrogens is 344 g/mol. The molecule has 0 saturated carbocycles. The van der Waals surface area contributed by atoms with Crippen LogP contribution in [0.3, 0.4) is 0 Å². The number of hydrogen-bond donors (Lipinski definition) is 1. The Balaban J connectivity index is 2.24. The quantitative estimate of drug-likeness (QED) is 0.720. The topological polar surface area (TPSA) is 24.9 Å². The van der Waals surface area contributed by atoms with Crippen LogP contribution in [0.25, 0.3) is 0 Å². The maximum atomic E-state index is 4.75. The minimum Gasteiger partial charge on any atom is -0.377 e. The Morgan fingerprint density at radius 3 is 2.43 bits per heavy atom. The molecular formula is C17H23BrN2S. The molecule has 0 bridgehead atoms. The second-order valence-electron chi connectivity index (χ2n) is 6.57. The van der Waals surface area contributed by atoms with E-state index in [2.05, 4.69) is 81.0 Å². The van der Waals surface area contributed by atoms with E-state index in [0.717, 1.165) is 15.9 Å². The third-order valence-corrected chi connectivity index (χ3v) is 5.79. The number of halogens is 1. The Bertz CT molecular complexity index is 641. The zero-order valence-corrected chi connectivity index (χ0v) is 15.9. The summed E-state index contributed by atoms with van der Waals surface area (Å²) in [6.07, 6.45) is 0. The SMILES string of the molecule is Cc1ccc(NC(C)c2sc(C(C)(C)C)nc2C)c(Br)c1. The van der Waals surface area contributed by atoms with Crippen LogP contribution < -0.4 is 5.32 Å². The molecule has 2 nitrogen and oxygen atoms in total. The summed E-state index contributed by atoms with van der Waals surface area (Å²) in [6.45, 7) is 13.0. The van der Waals surface area contributed by atoms with Gasteiger partial charge < -0.3 is 5.32 Å². The number of anilines is 1. The van der Waals surface area contributed by atoms with E-state index in [1.165, 1.54) is 15.4 Å². The van der Waals surface area contributed by atoms with Crippen molar-refractivity contribution in [2.45, 2.75) is 53.0 Å². The van der Waals surface area contributed by atoms with Crippen molar-refractivity contribution in [3.05, 3.63) is 43.8 Å². The highest BCUT2D eigenvalue weighted by Crippen LogP contribution is 2.35. The fourth-order valence-corrected chi connectivity index (χ4v) is 3.90. The summed E-state index contributed by atoms with van der Waals surface area (Å²) in [5, 5.41) is 4.78. The fourth-order valence-electron chi connectivity index (χ4n) is 2.17. The Labute approximate surface area is 140 Å². The standard InChI is InChI=1S/C17H23BrN2S/c1-10-7-8-14(13(18)9-10)19-11(2)15-12(3)20-16(21-15)17(4,5)6/h7-9,11,19H,1-6H3. The van der Waals surface area contributed by atoms with Gasteiger partial charge in [-0.15, -0.1) is 11.3 Å². The summed E-state index contributed by atoms with van der Waals surface area (Å²) in [7, 11) is 0. The fraction of sp³-hybridized carbons (Fsp3) is 0.471. The second-order valence-corrected chi connectivity index (χ2v) is 8.45. The molecule has 1 unspecified atom stereocenters. The van der Waals surface area contributed by atoms with Gasteiger partial charge in [-0.2, -0.15) is 0 Å². The minimum absolute atomic E-state index is 0.109. The summed E-state index contributed by atoms with van der Waals surface area (Å²) < 4.78 is 1.10. The largest absolute Gasteiger partial charge is 0.377 e. The maximum absolute atomic E-state index is 4.75. The predicted molar refractivity (Wildman–Crippen MR) is 96.5 cm³/mol. The van der Waals surface area contributed by atoms with Crippen molar-refractivity contribution in [1.29, 1.82) is 0 Å². The molecule has 0 aliphatic rings. The van der Waals surface area contributed by atoms with E-state index in [1.807, 2.05) is 11.3 Å². The highest BCUT2D eigenvalue weighted by atomic mass is 79.9. The van der Waals surface area contributed by atoms with Crippen molar-refractivity contribution in [3.63, 3.8) is 0 Å². The van der Waals surface area contributed by atoms with Crippen LogP contribution in [0.1, 0.15) is 54.9 Å². The minimum atomic E-state index is 0.109. The highest BCUT2D eigenvalue weighted by Gasteiger charge is 2.22. The van der Waals surface area contributed by atoms with Gasteiger partial charge in [-0.3, -0.25) is 0 Å². The molecule has 1 aromatic heterocycles. The number of benzene rings is 1. The summed E-state index contributed by atoms with van der Waals surface area (Å²) in [5.41, 5.74) is 3.62. The first-order valence-electron chi connectivity index (χ1n) is 7.19. The van der Waals surface area contributed by atoms with Crippen LogP contribution in [0.5, 0.6) is 0 Å². The summed E-state index contributed by atoms with van der Waals surface area (Å²) >= 11 is 5.44. The number of thiazole rings is 1. The van der Waals surface area contributed by atoms with E-state index in [4.69, 9.17) is 4.98 Å². The van der Waals surface area contributed by atoms with E-state index in [0.29, 0.717) is 0 Å². The van der Waals surface area contributed by atoms with Gasteiger partial charge in [0.2, 0.25) is 0 Å². The Hall–Kier alpha value is -0.870. The number of aryl methyl sites for hydroxylation is 2. The van der Waals surface area contributed by atoms with Crippen molar-refractivity contribution in [3.8, 4) is 0 Å². The summed E-state index contributed by atoms with van der Waals surface area (Å²) in [4.78, 5) is 6.06. The van der Waals surface area contributed by atoms with E-state index >= 15 is 0 Å². The first-order valence-corrected chi connectivity index (χ1v) is 8.80. The van der Waals surface area contributed by atoms with Crippen LogP contribution in [0.15, 0.2) is 22.7 Å². The molecule has 2 aromatic rings. The maximum Gasteiger partial charge on any atom is 0.0985 e. The number of hydrogen-bond acceptors (Lipinski definition) is 3. The third-order valence-electron chi connectivity index (χ3n) is 3.36. The van der Waals surface area contributed by atoms with E-state index in [1.54, 1.807) is 0 Å². The molecule has 0 aliphatic carbocycles. The Morgan fingerprint density at radius 2 is 1.90 bits per heavy atom. The molecule has 0 aliphatic heterocycles. The van der Waals surface area contributed by atoms with Gasteiger partial charge in [0.1, 0.15) is 0 Å². The Kier molecular flexibility index (Phi) is 4.79. The van der Waals surface area contributed by atoms with Gasteiger partial charge in [0, 0.05) is 20.5 Å². The molecule has 1 atom stereocenters. The van der Waals surface area contributed by atoms with Crippen molar-refractivity contribution >= 4 is 33.0 Å². The lowest BCUT2D eigenvalue weighted by atomic mass is 9.98. The zero-order chi connectivity index (χ0) is 15.8. The molecule has 0 fully saturated rings. The van der Waals surface area contributed by atoms with Gasteiger partial charge in [-0.1, -0.05) is 26.8 Å². The smallest absolute Gasteiger partial charge is 0.0985 e. The van der Waals surface area contributed by atoms with Crippen LogP contribution in [-0.2, 0) is 5.41 Å². The Morgan fingerprint density at radius 1 is 1.24 bits per heavy atom. The van der Waals surface area contributed by atoms with E-state index in [-0.39, 0.29) is 11.5 Å². The lowest BCUT2D eigenvalue weighted by molar-refractivity contribution is 0.584. The van der Waals surface area contributed by atoms with Crippen molar-refractivity contribution in [2.75, 3.05) is 5.32 Å².